The van der Waals surface area contributed by atoms with E-state index in [4.69, 9.17) is 0 Å². The van der Waals surface area contributed by atoms with Crippen LogP contribution in [-0.2, 0) is 0 Å². The summed E-state index contributed by atoms with van der Waals surface area (Å²) in [6.07, 6.45) is 3.33. The molecule has 0 spiro atoms. The summed E-state index contributed by atoms with van der Waals surface area (Å²) in [5.74, 6) is 0. The standard InChI is InChI=1S/C17H23O2P/c1-2-3-10-15-20(18,19,16-11-6-4-7-12-16)17-13-8-5-9-14-17/h4-9,11-14,18-19H,2-3,10,15H2,1H3. The van der Waals surface area contributed by atoms with Crippen molar-refractivity contribution in [2.75, 3.05) is 6.16 Å². The molecule has 0 saturated heterocycles. The minimum atomic E-state index is -4.03. The first-order chi connectivity index (χ1) is 9.57. The van der Waals surface area contributed by atoms with Crippen LogP contribution in [0.2, 0.25) is 0 Å². The third-order valence-corrected chi connectivity index (χ3v) is 7.71. The molecule has 2 nitrogen and oxygen atoms in total. The summed E-state index contributed by atoms with van der Waals surface area (Å²) in [7, 11) is -4.03. The van der Waals surface area contributed by atoms with Crippen LogP contribution in [0.4, 0.5) is 0 Å². The number of hydrogen-bond acceptors (Lipinski definition) is 2. The zero-order chi connectivity index (χ0) is 14.5. The van der Waals surface area contributed by atoms with Crippen LogP contribution in [0.3, 0.4) is 0 Å². The van der Waals surface area contributed by atoms with Gasteiger partial charge in [-0.2, -0.15) is 0 Å². The van der Waals surface area contributed by atoms with E-state index in [0.29, 0.717) is 16.8 Å². The van der Waals surface area contributed by atoms with Crippen molar-refractivity contribution in [3.8, 4) is 0 Å². The molecule has 0 unspecified atom stereocenters. The van der Waals surface area contributed by atoms with Gasteiger partial charge in [0.1, 0.15) is 0 Å². The Balaban J connectivity index is 2.48. The molecule has 0 aliphatic rings. The Morgan fingerprint density at radius 1 is 0.750 bits per heavy atom. The molecule has 2 aromatic rings. The van der Waals surface area contributed by atoms with Crippen molar-refractivity contribution in [1.29, 1.82) is 0 Å². The van der Waals surface area contributed by atoms with Crippen LogP contribution in [0.1, 0.15) is 26.2 Å². The van der Waals surface area contributed by atoms with Crippen LogP contribution >= 0.6 is 7.06 Å². The zero-order valence-electron chi connectivity index (χ0n) is 11.9. The first kappa shape index (κ1) is 15.2. The average Bonchev–Trinajstić information content (AvgIpc) is 2.50. The summed E-state index contributed by atoms with van der Waals surface area (Å²) < 4.78 is 0. The van der Waals surface area contributed by atoms with E-state index >= 15 is 0 Å². The van der Waals surface area contributed by atoms with Crippen LogP contribution in [0, 0.1) is 0 Å². The van der Waals surface area contributed by atoms with E-state index in [1.807, 2.05) is 60.7 Å². The van der Waals surface area contributed by atoms with E-state index in [0.717, 1.165) is 19.3 Å². The maximum atomic E-state index is 11.3. The second-order valence-electron chi connectivity index (χ2n) is 5.30. The fourth-order valence-corrected chi connectivity index (χ4v) is 5.79. The summed E-state index contributed by atoms with van der Waals surface area (Å²) in [5, 5.41) is 1.31. The van der Waals surface area contributed by atoms with Gasteiger partial charge in [0.2, 0.25) is 0 Å². The number of unbranched alkanes of at least 4 members (excludes halogenated alkanes) is 2. The summed E-state index contributed by atoms with van der Waals surface area (Å²) >= 11 is 0. The normalized spacial score (nSPS) is 13.7. The van der Waals surface area contributed by atoms with Crippen molar-refractivity contribution in [3.63, 3.8) is 0 Å². The van der Waals surface area contributed by atoms with Crippen molar-refractivity contribution in [3.05, 3.63) is 60.7 Å². The summed E-state index contributed by atoms with van der Waals surface area (Å²) in [6.45, 7) is 2.12. The van der Waals surface area contributed by atoms with Gasteiger partial charge in [0.05, 0.1) is 0 Å². The molecular formula is C17H23O2P. The second kappa shape index (κ2) is 6.05. The average molecular weight is 290 g/mol. The number of hydrogen-bond donors (Lipinski definition) is 2. The van der Waals surface area contributed by atoms with Gasteiger partial charge in [0.15, 0.2) is 0 Å². The van der Waals surface area contributed by atoms with Crippen molar-refractivity contribution in [2.24, 2.45) is 0 Å². The third-order valence-electron chi connectivity index (χ3n) is 3.78. The molecule has 2 rings (SSSR count). The molecule has 0 amide bonds. The number of rotatable bonds is 6. The van der Waals surface area contributed by atoms with Gasteiger partial charge in [-0.25, -0.2) is 0 Å². The van der Waals surface area contributed by atoms with E-state index in [9.17, 15) is 9.79 Å². The second-order valence-corrected chi connectivity index (χ2v) is 9.18. The van der Waals surface area contributed by atoms with Gasteiger partial charge in [-0.1, -0.05) is 0 Å². The Kier molecular flexibility index (Phi) is 4.59. The fraction of sp³-hybridized carbons (Fsp3) is 0.294. The Morgan fingerprint density at radius 3 is 1.60 bits per heavy atom. The molecule has 0 bridgehead atoms. The van der Waals surface area contributed by atoms with E-state index in [1.165, 1.54) is 0 Å². The van der Waals surface area contributed by atoms with E-state index in [1.54, 1.807) is 0 Å². The molecule has 0 aliphatic heterocycles. The predicted molar refractivity (Wildman–Crippen MR) is 87.9 cm³/mol. The number of benzene rings is 2. The van der Waals surface area contributed by atoms with Gasteiger partial charge < -0.3 is 0 Å². The first-order valence-electron chi connectivity index (χ1n) is 7.19. The van der Waals surface area contributed by atoms with Gasteiger partial charge in [-0.15, -0.1) is 0 Å². The zero-order valence-corrected chi connectivity index (χ0v) is 12.8. The third kappa shape index (κ3) is 2.93. The quantitative estimate of drug-likeness (QED) is 0.633. The molecule has 0 saturated carbocycles. The van der Waals surface area contributed by atoms with Gasteiger partial charge in [0, 0.05) is 0 Å². The van der Waals surface area contributed by atoms with Crippen molar-refractivity contribution in [2.45, 2.75) is 26.2 Å². The van der Waals surface area contributed by atoms with Crippen molar-refractivity contribution < 1.29 is 9.79 Å². The Bertz CT molecular complexity index is 494. The van der Waals surface area contributed by atoms with Crippen molar-refractivity contribution in [1.82, 2.24) is 0 Å². The molecule has 0 aliphatic carbocycles. The van der Waals surface area contributed by atoms with E-state index in [-0.39, 0.29) is 0 Å². The molecule has 0 heterocycles. The predicted octanol–water partition coefficient (Wildman–Crippen LogP) is 3.20. The van der Waals surface area contributed by atoms with E-state index < -0.39 is 7.06 Å². The Morgan fingerprint density at radius 2 is 1.20 bits per heavy atom. The molecule has 0 aromatic heterocycles. The van der Waals surface area contributed by atoms with Crippen LogP contribution in [0.5, 0.6) is 0 Å². The van der Waals surface area contributed by atoms with Crippen LogP contribution in [-0.4, -0.2) is 15.9 Å². The van der Waals surface area contributed by atoms with E-state index in [2.05, 4.69) is 6.92 Å². The molecule has 0 fully saturated rings. The topological polar surface area (TPSA) is 40.5 Å². The Labute approximate surface area is 121 Å². The maximum absolute atomic E-state index is 11.3. The van der Waals surface area contributed by atoms with Gasteiger partial charge in [0.25, 0.3) is 0 Å². The first-order valence-corrected chi connectivity index (χ1v) is 9.52. The summed E-state index contributed by atoms with van der Waals surface area (Å²) in [4.78, 5) is 22.7. The Hall–Kier alpha value is -1.21. The SMILES string of the molecule is CCCCCP(O)(O)(c1ccccc1)c1ccccc1. The fourth-order valence-electron chi connectivity index (χ4n) is 2.55. The van der Waals surface area contributed by atoms with Gasteiger partial charge >= 0.3 is 120 Å². The van der Waals surface area contributed by atoms with Gasteiger partial charge in [-0.05, 0) is 0 Å². The van der Waals surface area contributed by atoms with Crippen molar-refractivity contribution >= 4 is 17.7 Å². The molecular weight excluding hydrogens is 267 g/mol. The summed E-state index contributed by atoms with van der Waals surface area (Å²) in [6, 6.07) is 18.6. The van der Waals surface area contributed by atoms with Gasteiger partial charge in [-0.3, -0.25) is 0 Å². The molecule has 108 valence electrons. The molecule has 3 heteroatoms. The molecule has 0 atom stereocenters. The minimum absolute atomic E-state index is 0.424. The monoisotopic (exact) mass is 290 g/mol. The molecule has 2 aromatic carbocycles. The van der Waals surface area contributed by atoms with Crippen LogP contribution < -0.4 is 10.6 Å². The molecule has 20 heavy (non-hydrogen) atoms. The summed E-state index contributed by atoms with van der Waals surface area (Å²) in [5.41, 5.74) is 0. The van der Waals surface area contributed by atoms with Crippen LogP contribution in [0.25, 0.3) is 0 Å². The molecule has 0 radical (unpaired) electrons. The van der Waals surface area contributed by atoms with Crippen LogP contribution in [0.15, 0.2) is 60.7 Å². The molecule has 2 N–H and O–H groups in total.